The number of hydrogen-bond acceptors (Lipinski definition) is 2. The maximum Gasteiger partial charge on any atom is 0.193 e. The van der Waals surface area contributed by atoms with Crippen molar-refractivity contribution in [3.8, 4) is 0 Å². The second-order valence-electron chi connectivity index (χ2n) is 6.14. The second kappa shape index (κ2) is 13.5. The lowest BCUT2D eigenvalue weighted by molar-refractivity contribution is 0.271. The molecule has 0 aliphatic heterocycles. The molecule has 1 rings (SSSR count). The number of aromatic nitrogens is 1. The minimum Gasteiger partial charge on any atom is -0.356 e. The molecule has 1 N–H and O–H groups in total. The normalized spacial score (nSPS) is 11.5. The molecule has 24 heavy (non-hydrogen) atoms. The van der Waals surface area contributed by atoms with E-state index in [4.69, 9.17) is 0 Å². The van der Waals surface area contributed by atoms with Crippen LogP contribution in [0.3, 0.4) is 0 Å². The Morgan fingerprint density at radius 3 is 2.38 bits per heavy atom. The molecule has 6 heteroatoms. The highest BCUT2D eigenvalue weighted by Gasteiger charge is 2.08. The van der Waals surface area contributed by atoms with Crippen LogP contribution >= 0.6 is 24.0 Å². The largest absolute Gasteiger partial charge is 0.356 e. The molecule has 0 aromatic carbocycles. The second-order valence-corrected chi connectivity index (χ2v) is 6.14. The molecule has 0 saturated carbocycles. The number of aliphatic imine (C=N–C) groups is 1. The van der Waals surface area contributed by atoms with Crippen LogP contribution in [-0.4, -0.2) is 60.6 Å². The van der Waals surface area contributed by atoms with Crippen molar-refractivity contribution in [3.05, 3.63) is 24.0 Å². The van der Waals surface area contributed by atoms with E-state index in [0.29, 0.717) is 0 Å². The summed E-state index contributed by atoms with van der Waals surface area (Å²) >= 11 is 0. The summed E-state index contributed by atoms with van der Waals surface area (Å²) in [5.41, 5.74) is 1.28. The SMILES string of the molecule is CCCN(CCC)CCCNC(=NC)N(C)Cc1cccn1C.I. The number of aryl methyl sites for hydroxylation is 1. The van der Waals surface area contributed by atoms with E-state index in [1.54, 1.807) is 0 Å². The Kier molecular flexibility index (Phi) is 13.1. The Morgan fingerprint density at radius 2 is 1.88 bits per heavy atom. The molecule has 1 aromatic rings. The molecule has 1 heterocycles. The van der Waals surface area contributed by atoms with Crippen LogP contribution in [0.2, 0.25) is 0 Å². The van der Waals surface area contributed by atoms with Gasteiger partial charge in [-0.05, 0) is 51.0 Å². The van der Waals surface area contributed by atoms with Crippen molar-refractivity contribution >= 4 is 29.9 Å². The van der Waals surface area contributed by atoms with Crippen LogP contribution in [0.4, 0.5) is 0 Å². The quantitative estimate of drug-likeness (QED) is 0.258. The lowest BCUT2D eigenvalue weighted by atomic mass is 10.3. The third kappa shape index (κ3) is 8.37. The van der Waals surface area contributed by atoms with Gasteiger partial charge in [0.25, 0.3) is 0 Å². The Morgan fingerprint density at radius 1 is 1.21 bits per heavy atom. The Balaban J connectivity index is 0.00000529. The van der Waals surface area contributed by atoms with Crippen LogP contribution in [0, 0.1) is 0 Å². The van der Waals surface area contributed by atoms with Crippen LogP contribution in [-0.2, 0) is 13.6 Å². The first kappa shape index (κ1) is 23.2. The first-order chi connectivity index (χ1) is 11.1. The van der Waals surface area contributed by atoms with Gasteiger partial charge in [0.1, 0.15) is 0 Å². The van der Waals surface area contributed by atoms with Crippen LogP contribution in [0.25, 0.3) is 0 Å². The average molecular weight is 449 g/mol. The number of rotatable bonds is 10. The van der Waals surface area contributed by atoms with E-state index in [-0.39, 0.29) is 24.0 Å². The van der Waals surface area contributed by atoms with E-state index < -0.39 is 0 Å². The highest BCUT2D eigenvalue weighted by molar-refractivity contribution is 14.0. The summed E-state index contributed by atoms with van der Waals surface area (Å²) in [5.74, 6) is 0.962. The fourth-order valence-corrected chi connectivity index (χ4v) is 2.83. The van der Waals surface area contributed by atoms with Gasteiger partial charge in [0.15, 0.2) is 5.96 Å². The number of nitrogens with zero attached hydrogens (tertiary/aromatic N) is 4. The zero-order chi connectivity index (χ0) is 17.1. The zero-order valence-electron chi connectivity index (χ0n) is 16.1. The van der Waals surface area contributed by atoms with Gasteiger partial charge in [0.2, 0.25) is 0 Å². The number of hydrogen-bond donors (Lipinski definition) is 1. The van der Waals surface area contributed by atoms with Crippen LogP contribution < -0.4 is 5.32 Å². The highest BCUT2D eigenvalue weighted by Crippen LogP contribution is 2.03. The van der Waals surface area contributed by atoms with Crippen molar-refractivity contribution in [2.45, 2.75) is 39.7 Å². The maximum atomic E-state index is 4.40. The minimum absolute atomic E-state index is 0. The maximum absolute atomic E-state index is 4.40. The molecule has 0 saturated heterocycles. The molecule has 1 aromatic heterocycles. The molecule has 0 bridgehead atoms. The molecule has 0 atom stereocenters. The summed E-state index contributed by atoms with van der Waals surface area (Å²) in [4.78, 5) is 9.12. The number of guanidine groups is 1. The highest BCUT2D eigenvalue weighted by atomic mass is 127. The Labute approximate surface area is 165 Å². The van der Waals surface area contributed by atoms with Crippen LogP contribution in [0.15, 0.2) is 23.3 Å². The molecule has 0 aliphatic carbocycles. The summed E-state index contributed by atoms with van der Waals surface area (Å²) in [6.45, 7) is 9.90. The summed E-state index contributed by atoms with van der Waals surface area (Å²) < 4.78 is 2.15. The Bertz CT molecular complexity index is 452. The van der Waals surface area contributed by atoms with Gasteiger partial charge in [-0.1, -0.05) is 13.8 Å². The molecule has 0 unspecified atom stereocenters. The summed E-state index contributed by atoms with van der Waals surface area (Å²) in [5, 5.41) is 3.48. The smallest absolute Gasteiger partial charge is 0.193 e. The van der Waals surface area contributed by atoms with Gasteiger partial charge >= 0.3 is 0 Å². The first-order valence-electron chi connectivity index (χ1n) is 8.86. The standard InChI is InChI=1S/C18H35N5.HI/c1-6-12-23(13-7-2)15-9-11-20-18(19-3)22(5)16-17-10-8-14-21(17)4;/h8,10,14H,6-7,9,11-13,15-16H2,1-5H3,(H,19,20);1H. The molecule has 0 radical (unpaired) electrons. The van der Waals surface area contributed by atoms with Crippen LogP contribution in [0.1, 0.15) is 38.8 Å². The van der Waals surface area contributed by atoms with Crippen molar-refractivity contribution in [1.29, 1.82) is 0 Å². The average Bonchev–Trinajstić information content (AvgIpc) is 2.92. The number of halogens is 1. The predicted octanol–water partition coefficient (Wildman–Crippen LogP) is 3.16. The van der Waals surface area contributed by atoms with Gasteiger partial charge in [0.05, 0.1) is 6.54 Å². The molecule has 0 spiro atoms. The lowest BCUT2D eigenvalue weighted by Gasteiger charge is -2.24. The predicted molar refractivity (Wildman–Crippen MR) is 115 cm³/mol. The van der Waals surface area contributed by atoms with Gasteiger partial charge in [-0.3, -0.25) is 4.99 Å². The summed E-state index contributed by atoms with van der Waals surface area (Å²) in [6, 6.07) is 4.23. The molecular formula is C18H36IN5. The summed E-state index contributed by atoms with van der Waals surface area (Å²) in [7, 11) is 6.02. The third-order valence-electron chi connectivity index (χ3n) is 4.04. The number of nitrogens with one attached hydrogen (secondary N) is 1. The van der Waals surface area contributed by atoms with Gasteiger partial charge in [-0.15, -0.1) is 24.0 Å². The van der Waals surface area contributed by atoms with Crippen molar-refractivity contribution in [2.75, 3.05) is 40.3 Å². The molecular weight excluding hydrogens is 413 g/mol. The van der Waals surface area contributed by atoms with Gasteiger partial charge in [0, 0.05) is 39.6 Å². The van der Waals surface area contributed by atoms with Crippen molar-refractivity contribution < 1.29 is 0 Å². The zero-order valence-corrected chi connectivity index (χ0v) is 18.4. The van der Waals surface area contributed by atoms with Crippen molar-refractivity contribution in [1.82, 2.24) is 19.7 Å². The van der Waals surface area contributed by atoms with E-state index in [2.05, 4.69) is 70.9 Å². The van der Waals surface area contributed by atoms with Crippen molar-refractivity contribution in [2.24, 2.45) is 12.0 Å². The van der Waals surface area contributed by atoms with Gasteiger partial charge < -0.3 is 19.7 Å². The lowest BCUT2D eigenvalue weighted by Crippen LogP contribution is -2.40. The topological polar surface area (TPSA) is 35.8 Å². The fourth-order valence-electron chi connectivity index (χ4n) is 2.83. The molecule has 0 fully saturated rings. The van der Waals surface area contributed by atoms with E-state index >= 15 is 0 Å². The van der Waals surface area contributed by atoms with Gasteiger partial charge in [-0.25, -0.2) is 0 Å². The monoisotopic (exact) mass is 449 g/mol. The first-order valence-corrected chi connectivity index (χ1v) is 8.86. The fraction of sp³-hybridized carbons (Fsp3) is 0.722. The molecule has 0 amide bonds. The summed E-state index contributed by atoms with van der Waals surface area (Å²) in [6.07, 6.45) is 5.69. The van der Waals surface area contributed by atoms with E-state index in [1.807, 2.05) is 7.05 Å². The van der Waals surface area contributed by atoms with E-state index in [9.17, 15) is 0 Å². The van der Waals surface area contributed by atoms with Crippen molar-refractivity contribution in [3.63, 3.8) is 0 Å². The van der Waals surface area contributed by atoms with Crippen LogP contribution in [0.5, 0.6) is 0 Å². The third-order valence-corrected chi connectivity index (χ3v) is 4.04. The van der Waals surface area contributed by atoms with Gasteiger partial charge in [-0.2, -0.15) is 0 Å². The Hall–Kier alpha value is -0.760. The molecule has 0 aliphatic rings. The minimum atomic E-state index is 0. The molecule has 5 nitrogen and oxygen atoms in total. The van der Waals surface area contributed by atoms with E-state index in [1.165, 1.54) is 31.6 Å². The van der Waals surface area contributed by atoms with E-state index in [0.717, 1.165) is 32.0 Å². The molecule has 140 valence electrons.